The van der Waals surface area contributed by atoms with Crippen molar-refractivity contribution in [2.24, 2.45) is 0 Å². The van der Waals surface area contributed by atoms with Gasteiger partial charge >= 0.3 is 5.97 Å². The van der Waals surface area contributed by atoms with Crippen molar-refractivity contribution in [3.63, 3.8) is 0 Å². The second-order valence-corrected chi connectivity index (χ2v) is 3.32. The Bertz CT molecular complexity index is 411. The molecule has 0 bridgehead atoms. The number of rotatable bonds is 2. The molecular formula is C11H10O4. The van der Waals surface area contributed by atoms with Gasteiger partial charge in [-0.05, 0) is 23.8 Å². The van der Waals surface area contributed by atoms with E-state index in [0.29, 0.717) is 17.7 Å². The van der Waals surface area contributed by atoms with Crippen molar-refractivity contribution in [3.8, 4) is 5.75 Å². The highest BCUT2D eigenvalue weighted by atomic mass is 16.6. The molecule has 1 unspecified atom stereocenters. The molecule has 1 heterocycles. The van der Waals surface area contributed by atoms with Crippen molar-refractivity contribution in [2.75, 3.05) is 7.11 Å². The zero-order valence-electron chi connectivity index (χ0n) is 8.23. The Morgan fingerprint density at radius 2 is 2.40 bits per heavy atom. The van der Waals surface area contributed by atoms with Gasteiger partial charge in [0.05, 0.1) is 7.11 Å². The number of fused-ring (bicyclic) bond motifs is 1. The van der Waals surface area contributed by atoms with Gasteiger partial charge in [0.15, 0.2) is 6.10 Å². The van der Waals surface area contributed by atoms with Crippen molar-refractivity contribution < 1.29 is 19.1 Å². The second-order valence-electron chi connectivity index (χ2n) is 3.32. The van der Waals surface area contributed by atoms with Crippen molar-refractivity contribution in [1.29, 1.82) is 0 Å². The van der Waals surface area contributed by atoms with Crippen LogP contribution in [0.4, 0.5) is 0 Å². The summed E-state index contributed by atoms with van der Waals surface area (Å²) in [5.74, 6) is 0.259. The number of ether oxygens (including phenoxy) is 2. The predicted octanol–water partition coefficient (Wildman–Crippen LogP) is 0.976. The Hall–Kier alpha value is -1.84. The van der Waals surface area contributed by atoms with Crippen LogP contribution in [-0.2, 0) is 16.0 Å². The van der Waals surface area contributed by atoms with Crippen molar-refractivity contribution in [1.82, 2.24) is 0 Å². The molecule has 0 aromatic heterocycles. The molecule has 4 heteroatoms. The minimum Gasteiger partial charge on any atom is -0.478 e. The zero-order valence-corrected chi connectivity index (χ0v) is 8.23. The molecule has 0 saturated carbocycles. The van der Waals surface area contributed by atoms with Crippen LogP contribution < -0.4 is 4.74 Å². The molecule has 0 spiro atoms. The van der Waals surface area contributed by atoms with Gasteiger partial charge in [-0.1, -0.05) is 0 Å². The number of carbonyl (C=O) groups is 2. The lowest BCUT2D eigenvalue weighted by atomic mass is 10.1. The van der Waals surface area contributed by atoms with Crippen LogP contribution in [-0.4, -0.2) is 25.5 Å². The maximum Gasteiger partial charge on any atom is 0.347 e. The van der Waals surface area contributed by atoms with E-state index in [0.717, 1.165) is 11.8 Å². The van der Waals surface area contributed by atoms with Gasteiger partial charge in [0.25, 0.3) is 0 Å². The summed E-state index contributed by atoms with van der Waals surface area (Å²) in [6.07, 6.45) is 0.655. The van der Waals surface area contributed by atoms with Crippen LogP contribution in [0.25, 0.3) is 0 Å². The van der Waals surface area contributed by atoms with Gasteiger partial charge in [0, 0.05) is 12.0 Å². The number of hydrogen-bond donors (Lipinski definition) is 0. The highest BCUT2D eigenvalue weighted by Crippen LogP contribution is 2.29. The molecule has 1 aliphatic rings. The Balaban J connectivity index is 2.23. The molecule has 15 heavy (non-hydrogen) atoms. The standard InChI is InChI=1S/C11H10O4/c1-14-11(13)10-5-8-4-7(6-12)2-3-9(8)15-10/h2-4,6,10H,5H2,1H3. The third-order valence-corrected chi connectivity index (χ3v) is 2.36. The molecule has 78 valence electrons. The average Bonchev–Trinajstić information content (AvgIpc) is 2.70. The fourth-order valence-electron chi connectivity index (χ4n) is 1.60. The van der Waals surface area contributed by atoms with Gasteiger partial charge in [0.2, 0.25) is 0 Å². The number of aldehydes is 1. The van der Waals surface area contributed by atoms with Crippen LogP contribution in [0.1, 0.15) is 15.9 Å². The molecule has 0 aliphatic carbocycles. The smallest absolute Gasteiger partial charge is 0.347 e. The fourth-order valence-corrected chi connectivity index (χ4v) is 1.60. The monoisotopic (exact) mass is 206 g/mol. The Morgan fingerprint density at radius 1 is 1.60 bits per heavy atom. The fraction of sp³-hybridized carbons (Fsp3) is 0.273. The first kappa shape index (κ1) is 9.71. The van der Waals surface area contributed by atoms with E-state index in [4.69, 9.17) is 4.74 Å². The first-order valence-electron chi connectivity index (χ1n) is 4.57. The lowest BCUT2D eigenvalue weighted by molar-refractivity contribution is -0.147. The maximum atomic E-state index is 11.2. The van der Waals surface area contributed by atoms with E-state index in [1.165, 1.54) is 7.11 Å². The van der Waals surface area contributed by atoms with Crippen molar-refractivity contribution >= 4 is 12.3 Å². The van der Waals surface area contributed by atoms with Gasteiger partial charge in [-0.25, -0.2) is 4.79 Å². The molecule has 1 aromatic carbocycles. The quantitative estimate of drug-likeness (QED) is 0.534. The molecule has 0 N–H and O–H groups in total. The van der Waals surface area contributed by atoms with Gasteiger partial charge in [-0.3, -0.25) is 4.79 Å². The topological polar surface area (TPSA) is 52.6 Å². The summed E-state index contributed by atoms with van der Waals surface area (Å²) in [6.45, 7) is 0. The molecule has 1 aromatic rings. The van der Waals surface area contributed by atoms with Crippen LogP contribution in [0.2, 0.25) is 0 Å². The van der Waals surface area contributed by atoms with Gasteiger partial charge in [-0.2, -0.15) is 0 Å². The summed E-state index contributed by atoms with van der Waals surface area (Å²) in [6, 6.07) is 5.08. The molecule has 2 rings (SSSR count). The SMILES string of the molecule is COC(=O)C1Cc2cc(C=O)ccc2O1. The number of esters is 1. The molecule has 4 nitrogen and oxygen atoms in total. The van der Waals surface area contributed by atoms with E-state index in [9.17, 15) is 9.59 Å². The second kappa shape index (κ2) is 3.73. The molecule has 0 radical (unpaired) electrons. The molecular weight excluding hydrogens is 196 g/mol. The largest absolute Gasteiger partial charge is 0.478 e. The van der Waals surface area contributed by atoms with Crippen LogP contribution in [0.15, 0.2) is 18.2 Å². The van der Waals surface area contributed by atoms with Crippen molar-refractivity contribution in [3.05, 3.63) is 29.3 Å². The van der Waals surface area contributed by atoms with Gasteiger partial charge < -0.3 is 9.47 Å². The molecule has 0 fully saturated rings. The molecule has 1 atom stereocenters. The third-order valence-electron chi connectivity index (χ3n) is 2.36. The van der Waals surface area contributed by atoms with E-state index in [-0.39, 0.29) is 5.97 Å². The lowest BCUT2D eigenvalue weighted by Gasteiger charge is -2.06. The van der Waals surface area contributed by atoms with Crippen LogP contribution in [0, 0.1) is 0 Å². The molecule has 0 saturated heterocycles. The van der Waals surface area contributed by atoms with Crippen LogP contribution in [0.3, 0.4) is 0 Å². The minimum atomic E-state index is -0.577. The molecule has 1 aliphatic heterocycles. The predicted molar refractivity (Wildman–Crippen MR) is 52.0 cm³/mol. The highest BCUT2D eigenvalue weighted by Gasteiger charge is 2.29. The number of hydrogen-bond acceptors (Lipinski definition) is 4. The summed E-state index contributed by atoms with van der Waals surface area (Å²) >= 11 is 0. The van der Waals surface area contributed by atoms with Gasteiger partial charge in [-0.15, -0.1) is 0 Å². The summed E-state index contributed by atoms with van der Waals surface area (Å²) in [5, 5.41) is 0. The minimum absolute atomic E-state index is 0.390. The number of benzene rings is 1. The maximum absolute atomic E-state index is 11.2. The van der Waals surface area contributed by atoms with E-state index < -0.39 is 6.10 Å². The summed E-state index contributed by atoms with van der Waals surface area (Å²) < 4.78 is 9.96. The Morgan fingerprint density at radius 3 is 3.07 bits per heavy atom. The highest BCUT2D eigenvalue weighted by molar-refractivity contribution is 5.79. The lowest BCUT2D eigenvalue weighted by Crippen LogP contribution is -2.26. The summed E-state index contributed by atoms with van der Waals surface area (Å²) in [7, 11) is 1.32. The first-order chi connectivity index (χ1) is 7.24. The van der Waals surface area contributed by atoms with E-state index >= 15 is 0 Å². The normalized spacial score (nSPS) is 17.8. The third kappa shape index (κ3) is 1.70. The first-order valence-corrected chi connectivity index (χ1v) is 4.57. The summed E-state index contributed by atoms with van der Waals surface area (Å²) in [5.41, 5.74) is 1.46. The van der Waals surface area contributed by atoms with Gasteiger partial charge in [0.1, 0.15) is 12.0 Å². The van der Waals surface area contributed by atoms with Crippen LogP contribution >= 0.6 is 0 Å². The Labute approximate surface area is 86.8 Å². The van der Waals surface area contributed by atoms with Crippen molar-refractivity contribution in [2.45, 2.75) is 12.5 Å². The number of carbonyl (C=O) groups excluding carboxylic acids is 2. The number of methoxy groups -OCH3 is 1. The zero-order chi connectivity index (χ0) is 10.8. The van der Waals surface area contributed by atoms with E-state index in [2.05, 4.69) is 4.74 Å². The average molecular weight is 206 g/mol. The molecule has 0 amide bonds. The van der Waals surface area contributed by atoms with E-state index in [1.807, 2.05) is 0 Å². The summed E-state index contributed by atoms with van der Waals surface area (Å²) in [4.78, 5) is 21.8. The van der Waals surface area contributed by atoms with E-state index in [1.54, 1.807) is 18.2 Å². The Kier molecular flexibility index (Phi) is 2.41. The van der Waals surface area contributed by atoms with Crippen LogP contribution in [0.5, 0.6) is 5.75 Å².